The lowest BCUT2D eigenvalue weighted by Crippen LogP contribution is -2.62. The Hall–Kier alpha value is -4.67. The van der Waals surface area contributed by atoms with E-state index in [9.17, 15) is 14.7 Å². The third-order valence-corrected chi connectivity index (χ3v) is 4.87. The average molecular weight is 494 g/mol. The fourth-order valence-electron chi connectivity index (χ4n) is 3.15. The van der Waals surface area contributed by atoms with Crippen LogP contribution in [0, 0.1) is 33.0 Å². The van der Waals surface area contributed by atoms with Crippen molar-refractivity contribution in [2.45, 2.75) is 31.7 Å². The van der Waals surface area contributed by atoms with Gasteiger partial charge < -0.3 is 31.6 Å². The molecule has 1 heterocycles. The standard InChI is InChI=1S/C23H27N9O4/c1-23(2)12-32(17(27)7-8-30-16(11-25)9-14(26)10-24)22(35)19(36-23)18(33)21(34)31-15-5-3-13(4-6-15)20(28)29/h3-9,11,18-19,25-27,30,33H,12H2,1-2H3,(H3,28,29)(H,31,34)/b8-7-,16-9+,25-11?,26-14?,27-17?. The average Bonchev–Trinajstić information content (AvgIpc) is 2.83. The SMILES string of the molecule is CC1(C)CN(C(=N)/C=C\N/C(C=N)=C/C(=N)C#N)C(=O)C(C(O)C(=O)Nc2ccc(C(=N)N)cc2)O1. The first-order valence-corrected chi connectivity index (χ1v) is 10.5. The lowest BCUT2D eigenvalue weighted by Gasteiger charge is -2.42. The Morgan fingerprint density at radius 1 is 1.33 bits per heavy atom. The van der Waals surface area contributed by atoms with Crippen LogP contribution in [0.5, 0.6) is 0 Å². The van der Waals surface area contributed by atoms with Gasteiger partial charge in [-0.25, -0.2) is 0 Å². The maximum absolute atomic E-state index is 13.0. The second kappa shape index (κ2) is 11.6. The molecule has 2 amide bonds. The Bertz CT molecular complexity index is 1180. The van der Waals surface area contributed by atoms with E-state index in [4.69, 9.17) is 37.4 Å². The molecule has 0 bridgehead atoms. The summed E-state index contributed by atoms with van der Waals surface area (Å²) in [5.41, 5.74) is 4.90. The van der Waals surface area contributed by atoms with Crippen molar-refractivity contribution in [1.82, 2.24) is 10.2 Å². The number of nitrogen functional groups attached to an aromatic ring is 1. The molecule has 0 aromatic heterocycles. The number of rotatable bonds is 9. The van der Waals surface area contributed by atoms with Crippen LogP contribution < -0.4 is 16.4 Å². The van der Waals surface area contributed by atoms with Crippen molar-refractivity contribution in [2.24, 2.45) is 5.73 Å². The number of nitrogens with one attached hydrogen (secondary N) is 6. The Morgan fingerprint density at radius 2 is 1.97 bits per heavy atom. The molecule has 1 aromatic rings. The monoisotopic (exact) mass is 493 g/mol. The molecule has 1 fully saturated rings. The predicted octanol–water partition coefficient (Wildman–Crippen LogP) is 0.433. The van der Waals surface area contributed by atoms with E-state index in [1.54, 1.807) is 19.9 Å². The molecule has 188 valence electrons. The van der Waals surface area contributed by atoms with E-state index in [0.717, 1.165) is 17.2 Å². The van der Waals surface area contributed by atoms with Crippen molar-refractivity contribution in [3.63, 3.8) is 0 Å². The number of amidine groups is 2. The number of nitrogens with two attached hydrogens (primary N) is 1. The number of aliphatic hydroxyl groups is 1. The van der Waals surface area contributed by atoms with Crippen LogP contribution in [0.3, 0.4) is 0 Å². The number of anilines is 1. The maximum Gasteiger partial charge on any atom is 0.260 e. The van der Waals surface area contributed by atoms with Crippen LogP contribution in [0.2, 0.25) is 0 Å². The fraction of sp³-hybridized carbons (Fsp3) is 0.261. The van der Waals surface area contributed by atoms with Gasteiger partial charge in [0.2, 0.25) is 0 Å². The first-order valence-electron chi connectivity index (χ1n) is 10.5. The molecule has 1 aliphatic rings. The number of ether oxygens (including phenoxy) is 1. The topological polar surface area (TPSA) is 236 Å². The molecule has 13 nitrogen and oxygen atoms in total. The van der Waals surface area contributed by atoms with Crippen molar-refractivity contribution in [2.75, 3.05) is 11.9 Å². The number of amides is 2. The first kappa shape index (κ1) is 27.6. The molecule has 9 N–H and O–H groups in total. The van der Waals surface area contributed by atoms with Gasteiger partial charge in [0, 0.05) is 23.7 Å². The molecular weight excluding hydrogens is 466 g/mol. The van der Waals surface area contributed by atoms with E-state index in [1.165, 1.54) is 36.5 Å². The Labute approximate surface area is 207 Å². The molecule has 36 heavy (non-hydrogen) atoms. The van der Waals surface area contributed by atoms with Crippen molar-refractivity contribution in [3.05, 3.63) is 53.9 Å². The Morgan fingerprint density at radius 3 is 2.53 bits per heavy atom. The summed E-state index contributed by atoms with van der Waals surface area (Å²) in [5.74, 6) is -2.12. The summed E-state index contributed by atoms with van der Waals surface area (Å²) in [4.78, 5) is 26.7. The third kappa shape index (κ3) is 7.16. The summed E-state index contributed by atoms with van der Waals surface area (Å²) in [6.45, 7) is 3.26. The number of hydrogen-bond acceptors (Lipinski definition) is 10. The summed E-state index contributed by atoms with van der Waals surface area (Å²) >= 11 is 0. The Balaban J connectivity index is 2.14. The number of nitrogens with zero attached hydrogens (tertiary/aromatic N) is 2. The number of morpholine rings is 1. The highest BCUT2D eigenvalue weighted by atomic mass is 16.5. The van der Waals surface area contributed by atoms with Gasteiger partial charge in [-0.1, -0.05) is 0 Å². The second-order valence-electron chi connectivity index (χ2n) is 8.28. The third-order valence-electron chi connectivity index (χ3n) is 4.87. The number of aliphatic hydroxyl groups excluding tert-OH is 1. The number of allylic oxidation sites excluding steroid dienone is 2. The molecular formula is C23H27N9O4. The summed E-state index contributed by atoms with van der Waals surface area (Å²) < 4.78 is 5.68. The van der Waals surface area contributed by atoms with Gasteiger partial charge in [0.05, 0.1) is 17.8 Å². The summed E-state index contributed by atoms with van der Waals surface area (Å²) in [5, 5.41) is 54.7. The van der Waals surface area contributed by atoms with Crippen LogP contribution in [0.4, 0.5) is 5.69 Å². The molecule has 1 saturated heterocycles. The molecule has 2 unspecified atom stereocenters. The quantitative estimate of drug-likeness (QED) is 0.178. The van der Waals surface area contributed by atoms with Gasteiger partial charge in [0.15, 0.2) is 12.2 Å². The van der Waals surface area contributed by atoms with E-state index in [-0.39, 0.29) is 29.6 Å². The van der Waals surface area contributed by atoms with E-state index in [2.05, 4.69) is 10.6 Å². The van der Waals surface area contributed by atoms with Crippen LogP contribution in [0.15, 0.2) is 48.3 Å². The van der Waals surface area contributed by atoms with Crippen LogP contribution in [-0.4, -0.2) is 69.8 Å². The van der Waals surface area contributed by atoms with Crippen molar-refractivity contribution < 1.29 is 19.4 Å². The number of hydrogen-bond donors (Lipinski definition) is 8. The first-order chi connectivity index (χ1) is 16.9. The fourth-order valence-corrected chi connectivity index (χ4v) is 3.15. The van der Waals surface area contributed by atoms with Gasteiger partial charge >= 0.3 is 0 Å². The van der Waals surface area contributed by atoms with Crippen LogP contribution in [-0.2, 0) is 14.3 Å². The van der Waals surface area contributed by atoms with Gasteiger partial charge in [-0.3, -0.25) is 30.7 Å². The zero-order valence-corrected chi connectivity index (χ0v) is 19.6. The molecule has 1 aliphatic heterocycles. The van der Waals surface area contributed by atoms with Crippen LogP contribution in [0.25, 0.3) is 0 Å². The van der Waals surface area contributed by atoms with Crippen LogP contribution in [0.1, 0.15) is 19.4 Å². The number of carbonyl (C=O) groups is 2. The lowest BCUT2D eigenvalue weighted by atomic mass is 10.0. The largest absolute Gasteiger partial charge is 0.384 e. The highest BCUT2D eigenvalue weighted by Gasteiger charge is 2.46. The molecule has 0 radical (unpaired) electrons. The number of carbonyl (C=O) groups excluding carboxylic acids is 2. The van der Waals surface area contributed by atoms with E-state index >= 15 is 0 Å². The summed E-state index contributed by atoms with van der Waals surface area (Å²) in [6, 6.07) is 7.61. The molecule has 2 rings (SSSR count). The molecule has 1 aromatic carbocycles. The lowest BCUT2D eigenvalue weighted by molar-refractivity contribution is -0.185. The molecule has 0 saturated carbocycles. The normalized spacial score (nSPS) is 18.2. The summed E-state index contributed by atoms with van der Waals surface area (Å²) in [7, 11) is 0. The minimum Gasteiger partial charge on any atom is -0.384 e. The molecule has 0 aliphatic carbocycles. The van der Waals surface area contributed by atoms with E-state index in [1.807, 2.05) is 0 Å². The maximum atomic E-state index is 13.0. The van der Waals surface area contributed by atoms with Gasteiger partial charge in [0.25, 0.3) is 11.8 Å². The van der Waals surface area contributed by atoms with Gasteiger partial charge in [0.1, 0.15) is 23.5 Å². The highest BCUT2D eigenvalue weighted by molar-refractivity contribution is 6.08. The summed E-state index contributed by atoms with van der Waals surface area (Å²) in [6.07, 6.45) is 0.991. The van der Waals surface area contributed by atoms with Crippen molar-refractivity contribution >= 4 is 41.1 Å². The van der Waals surface area contributed by atoms with Gasteiger partial charge in [-0.05, 0) is 50.3 Å². The smallest absolute Gasteiger partial charge is 0.260 e. The van der Waals surface area contributed by atoms with Gasteiger partial charge in [-0.2, -0.15) is 5.26 Å². The minimum absolute atomic E-state index is 0.0291. The molecule has 13 heteroatoms. The van der Waals surface area contributed by atoms with E-state index in [0.29, 0.717) is 11.3 Å². The molecule has 0 spiro atoms. The Kier molecular flexibility index (Phi) is 8.92. The van der Waals surface area contributed by atoms with E-state index < -0.39 is 29.6 Å². The zero-order chi connectivity index (χ0) is 27.0. The highest BCUT2D eigenvalue weighted by Crippen LogP contribution is 2.25. The van der Waals surface area contributed by atoms with Gasteiger partial charge in [-0.15, -0.1) is 0 Å². The van der Waals surface area contributed by atoms with Crippen molar-refractivity contribution in [3.8, 4) is 6.07 Å². The zero-order valence-electron chi connectivity index (χ0n) is 19.6. The predicted molar refractivity (Wildman–Crippen MR) is 133 cm³/mol. The molecule has 2 atom stereocenters. The minimum atomic E-state index is -1.88. The van der Waals surface area contributed by atoms with Crippen molar-refractivity contribution in [1.29, 1.82) is 26.9 Å². The number of benzene rings is 1. The van der Waals surface area contributed by atoms with Crippen LogP contribution >= 0.6 is 0 Å². The second-order valence-corrected chi connectivity index (χ2v) is 8.28. The number of nitriles is 1.